The Morgan fingerprint density at radius 1 is 1.24 bits per heavy atom. The summed E-state index contributed by atoms with van der Waals surface area (Å²) in [4.78, 5) is 4.42. The van der Waals surface area contributed by atoms with Gasteiger partial charge in [0.2, 0.25) is 0 Å². The molecule has 0 aliphatic carbocycles. The normalized spacial score (nSPS) is 15.0. The van der Waals surface area contributed by atoms with Gasteiger partial charge in [-0.25, -0.2) is 0 Å². The first-order valence-corrected chi connectivity index (χ1v) is 7.75. The largest absolute Gasteiger partial charge is 0.393 e. The lowest BCUT2D eigenvalue weighted by Gasteiger charge is -2.17. The van der Waals surface area contributed by atoms with Crippen LogP contribution in [0.4, 0.5) is 0 Å². The summed E-state index contributed by atoms with van der Waals surface area (Å²) in [6, 6.07) is 10.2. The summed E-state index contributed by atoms with van der Waals surface area (Å²) < 4.78 is 0. The van der Waals surface area contributed by atoms with Crippen LogP contribution < -0.4 is 11.1 Å². The van der Waals surface area contributed by atoms with Crippen LogP contribution in [0.2, 0.25) is 0 Å². The molecule has 0 saturated heterocycles. The Morgan fingerprint density at radius 2 is 1.90 bits per heavy atom. The highest BCUT2D eigenvalue weighted by molar-refractivity contribution is 5.77. The maximum atomic E-state index is 9.66. The Balaban J connectivity index is 2.56. The Morgan fingerprint density at radius 3 is 2.48 bits per heavy atom. The molecular formula is C17H29N3O. The number of guanidine groups is 1. The molecule has 118 valence electrons. The first kappa shape index (κ1) is 17.5. The van der Waals surface area contributed by atoms with Gasteiger partial charge in [0.1, 0.15) is 0 Å². The van der Waals surface area contributed by atoms with Gasteiger partial charge in [-0.2, -0.15) is 0 Å². The average molecular weight is 291 g/mol. The highest BCUT2D eigenvalue weighted by Crippen LogP contribution is 2.21. The third kappa shape index (κ3) is 7.71. The number of nitrogens with zero attached hydrogens (tertiary/aromatic N) is 1. The van der Waals surface area contributed by atoms with E-state index < -0.39 is 0 Å². The zero-order valence-corrected chi connectivity index (χ0v) is 13.4. The summed E-state index contributed by atoms with van der Waals surface area (Å²) in [6.07, 6.45) is 1.42. The highest BCUT2D eigenvalue weighted by atomic mass is 16.3. The Hall–Kier alpha value is -1.55. The molecule has 0 aromatic heterocycles. The van der Waals surface area contributed by atoms with E-state index in [1.54, 1.807) is 0 Å². The van der Waals surface area contributed by atoms with Gasteiger partial charge >= 0.3 is 0 Å². The molecule has 1 aromatic carbocycles. The van der Waals surface area contributed by atoms with Crippen LogP contribution in [0.15, 0.2) is 35.3 Å². The van der Waals surface area contributed by atoms with Gasteiger partial charge in [0.25, 0.3) is 0 Å². The van der Waals surface area contributed by atoms with Gasteiger partial charge in [0.05, 0.1) is 6.10 Å². The average Bonchev–Trinajstić information content (AvgIpc) is 2.43. The smallest absolute Gasteiger partial charge is 0.188 e. The molecule has 0 aliphatic rings. The summed E-state index contributed by atoms with van der Waals surface area (Å²) in [7, 11) is 0. The highest BCUT2D eigenvalue weighted by Gasteiger charge is 2.13. The molecule has 0 bridgehead atoms. The topological polar surface area (TPSA) is 70.6 Å². The zero-order chi connectivity index (χ0) is 15.7. The summed E-state index contributed by atoms with van der Waals surface area (Å²) >= 11 is 0. The van der Waals surface area contributed by atoms with E-state index in [0.717, 1.165) is 13.0 Å². The number of hydrogen-bond acceptors (Lipinski definition) is 2. The van der Waals surface area contributed by atoms with E-state index in [1.807, 2.05) is 25.1 Å². The van der Waals surface area contributed by atoms with Crippen molar-refractivity contribution in [2.24, 2.45) is 16.6 Å². The molecule has 4 nitrogen and oxygen atoms in total. The number of nitrogens with one attached hydrogen (secondary N) is 1. The first-order valence-electron chi connectivity index (χ1n) is 7.75. The molecule has 0 radical (unpaired) electrons. The van der Waals surface area contributed by atoms with Crippen molar-refractivity contribution in [2.45, 2.75) is 45.6 Å². The number of hydrogen-bond donors (Lipinski definition) is 3. The second kappa shape index (κ2) is 9.40. The second-order valence-electron chi connectivity index (χ2n) is 6.03. The summed E-state index contributed by atoms with van der Waals surface area (Å²) in [6.45, 7) is 7.62. The predicted molar refractivity (Wildman–Crippen MR) is 89.4 cm³/mol. The maximum Gasteiger partial charge on any atom is 0.188 e. The molecule has 2 atom stereocenters. The molecule has 0 fully saturated rings. The van der Waals surface area contributed by atoms with Gasteiger partial charge in [-0.3, -0.25) is 4.99 Å². The van der Waals surface area contributed by atoms with E-state index in [9.17, 15) is 5.11 Å². The number of aliphatic hydroxyl groups excluding tert-OH is 1. The van der Waals surface area contributed by atoms with E-state index in [0.29, 0.717) is 24.8 Å². The van der Waals surface area contributed by atoms with Crippen molar-refractivity contribution in [3.8, 4) is 0 Å². The number of nitrogens with two attached hydrogens (primary N) is 1. The van der Waals surface area contributed by atoms with Crippen molar-refractivity contribution >= 4 is 5.96 Å². The quantitative estimate of drug-likeness (QED) is 0.509. The summed E-state index contributed by atoms with van der Waals surface area (Å²) in [5.41, 5.74) is 7.09. The van der Waals surface area contributed by atoms with E-state index in [-0.39, 0.29) is 12.0 Å². The Bertz CT molecular complexity index is 415. The van der Waals surface area contributed by atoms with Crippen molar-refractivity contribution < 1.29 is 5.11 Å². The van der Waals surface area contributed by atoms with E-state index in [2.05, 4.69) is 36.3 Å². The van der Waals surface area contributed by atoms with Crippen molar-refractivity contribution in [1.29, 1.82) is 0 Å². The monoisotopic (exact) mass is 291 g/mol. The van der Waals surface area contributed by atoms with Gasteiger partial charge in [-0.05, 0) is 31.2 Å². The van der Waals surface area contributed by atoms with E-state index >= 15 is 0 Å². The first-order chi connectivity index (χ1) is 9.99. The summed E-state index contributed by atoms with van der Waals surface area (Å²) in [5.74, 6) is 1.33. The van der Waals surface area contributed by atoms with Crippen molar-refractivity contribution in [1.82, 2.24) is 5.32 Å². The Kier molecular flexibility index (Phi) is 7.83. The van der Waals surface area contributed by atoms with Crippen LogP contribution in [-0.2, 0) is 0 Å². The lowest BCUT2D eigenvalue weighted by Crippen LogP contribution is -2.33. The number of rotatable bonds is 8. The molecule has 2 unspecified atom stereocenters. The molecule has 1 aromatic rings. The van der Waals surface area contributed by atoms with Gasteiger partial charge < -0.3 is 16.2 Å². The minimum Gasteiger partial charge on any atom is -0.393 e. The number of benzene rings is 1. The van der Waals surface area contributed by atoms with E-state index in [1.165, 1.54) is 5.56 Å². The molecule has 4 N–H and O–H groups in total. The molecule has 1 rings (SSSR count). The standard InChI is InChI=1S/C17H29N3O/c1-13(2)9-10-19-17(18)20-12-16(11-14(3)21)15-7-5-4-6-8-15/h4-8,13-14,16,21H,9-12H2,1-3H3,(H3,18,19,20). The fourth-order valence-electron chi connectivity index (χ4n) is 2.21. The van der Waals surface area contributed by atoms with Gasteiger partial charge in [0, 0.05) is 19.0 Å². The molecular weight excluding hydrogens is 262 g/mol. The molecule has 21 heavy (non-hydrogen) atoms. The van der Waals surface area contributed by atoms with Crippen LogP contribution in [0, 0.1) is 5.92 Å². The minimum absolute atomic E-state index is 0.191. The maximum absolute atomic E-state index is 9.66. The summed E-state index contributed by atoms with van der Waals surface area (Å²) in [5, 5.41) is 12.8. The second-order valence-corrected chi connectivity index (χ2v) is 6.03. The fraction of sp³-hybridized carbons (Fsp3) is 0.588. The molecule has 0 spiro atoms. The van der Waals surface area contributed by atoms with Crippen LogP contribution in [0.3, 0.4) is 0 Å². The van der Waals surface area contributed by atoms with Crippen LogP contribution in [0.1, 0.15) is 45.1 Å². The van der Waals surface area contributed by atoms with Crippen molar-refractivity contribution in [3.05, 3.63) is 35.9 Å². The molecule has 4 heteroatoms. The predicted octanol–water partition coefficient (Wildman–Crippen LogP) is 2.49. The fourth-order valence-corrected chi connectivity index (χ4v) is 2.21. The van der Waals surface area contributed by atoms with Gasteiger partial charge in [-0.1, -0.05) is 44.2 Å². The number of aliphatic hydroxyl groups is 1. The zero-order valence-electron chi connectivity index (χ0n) is 13.4. The van der Waals surface area contributed by atoms with E-state index in [4.69, 9.17) is 5.73 Å². The van der Waals surface area contributed by atoms with Gasteiger partial charge in [-0.15, -0.1) is 0 Å². The van der Waals surface area contributed by atoms with Crippen LogP contribution in [0.25, 0.3) is 0 Å². The molecule has 0 amide bonds. The Labute approximate surface area is 128 Å². The third-order valence-corrected chi connectivity index (χ3v) is 3.41. The van der Waals surface area contributed by atoms with Crippen LogP contribution in [-0.4, -0.2) is 30.3 Å². The lowest BCUT2D eigenvalue weighted by atomic mass is 9.93. The molecule has 0 saturated carbocycles. The van der Waals surface area contributed by atoms with Crippen LogP contribution >= 0.6 is 0 Å². The van der Waals surface area contributed by atoms with Gasteiger partial charge in [0.15, 0.2) is 5.96 Å². The minimum atomic E-state index is -0.347. The SMILES string of the molecule is CC(C)CCNC(N)=NCC(CC(C)O)c1ccccc1. The third-order valence-electron chi connectivity index (χ3n) is 3.41. The number of aliphatic imine (C=N–C) groups is 1. The van der Waals surface area contributed by atoms with Crippen molar-refractivity contribution in [2.75, 3.05) is 13.1 Å². The van der Waals surface area contributed by atoms with Crippen molar-refractivity contribution in [3.63, 3.8) is 0 Å². The molecule has 0 heterocycles. The molecule has 0 aliphatic heterocycles. The lowest BCUT2D eigenvalue weighted by molar-refractivity contribution is 0.175. The van der Waals surface area contributed by atoms with Crippen LogP contribution in [0.5, 0.6) is 0 Å².